The number of ether oxygens (including phenoxy) is 2. The molecule has 0 aromatic heterocycles. The maximum absolute atomic E-state index is 14.0. The zero-order valence-electron chi connectivity index (χ0n) is 14.9. The molecule has 2 aromatic rings. The lowest BCUT2D eigenvalue weighted by Crippen LogP contribution is -2.30. The molecule has 0 unspecified atom stereocenters. The van der Waals surface area contributed by atoms with Gasteiger partial charge in [-0.15, -0.1) is 0 Å². The summed E-state index contributed by atoms with van der Waals surface area (Å²) in [5.74, 6) is 1.04. The molecule has 0 saturated heterocycles. The summed E-state index contributed by atoms with van der Waals surface area (Å²) in [4.78, 5) is 11.0. The molecule has 6 heteroatoms. The van der Waals surface area contributed by atoms with Crippen molar-refractivity contribution in [2.75, 3.05) is 6.61 Å². The second kappa shape index (κ2) is 9.25. The highest BCUT2D eigenvalue weighted by molar-refractivity contribution is 6.32. The van der Waals surface area contributed by atoms with Gasteiger partial charge in [-0.25, -0.2) is 4.39 Å². The molecule has 2 aromatic carbocycles. The summed E-state index contributed by atoms with van der Waals surface area (Å²) in [5, 5.41) is 2.93. The van der Waals surface area contributed by atoms with E-state index in [9.17, 15) is 9.18 Å². The van der Waals surface area contributed by atoms with Crippen LogP contribution in [0.1, 0.15) is 26.3 Å². The summed E-state index contributed by atoms with van der Waals surface area (Å²) in [5.41, 5.74) is 0.657. The number of benzene rings is 2. The smallest absolute Gasteiger partial charge is 0.217 e. The van der Waals surface area contributed by atoms with Gasteiger partial charge in [0.25, 0.3) is 0 Å². The van der Waals surface area contributed by atoms with Gasteiger partial charge in [-0.1, -0.05) is 23.7 Å². The van der Waals surface area contributed by atoms with E-state index in [4.69, 9.17) is 21.1 Å². The molecule has 0 bridgehead atoms. The molecule has 4 nitrogen and oxygen atoms in total. The molecule has 0 radical (unpaired) electrons. The predicted molar refractivity (Wildman–Crippen MR) is 102 cm³/mol. The highest BCUT2D eigenvalue weighted by Crippen LogP contribution is 2.32. The van der Waals surface area contributed by atoms with Gasteiger partial charge in [0.05, 0.1) is 17.7 Å². The molecule has 2 rings (SSSR count). The van der Waals surface area contributed by atoms with Crippen molar-refractivity contribution in [3.05, 3.63) is 58.9 Å². The topological polar surface area (TPSA) is 47.6 Å². The second-order valence-electron chi connectivity index (χ2n) is 5.65. The lowest BCUT2D eigenvalue weighted by molar-refractivity contribution is -0.119. The standard InChI is InChI=1S/C20H21ClFNO3/c1-4-25-17-9-10-20(18(21)12-17)26-16-7-5-15(6-8-16)11-19(22)13(2)23-14(3)24/h5-13H,4H2,1-3H3,(H,23,24)/b19-11-/t13-/m0/s1. The van der Waals surface area contributed by atoms with Crippen molar-refractivity contribution < 1.29 is 18.7 Å². The van der Waals surface area contributed by atoms with Crippen LogP contribution in [0.2, 0.25) is 5.02 Å². The first-order valence-corrected chi connectivity index (χ1v) is 8.61. The first-order valence-electron chi connectivity index (χ1n) is 8.23. The summed E-state index contributed by atoms with van der Waals surface area (Å²) in [7, 11) is 0. The number of nitrogens with one attached hydrogen (secondary N) is 1. The number of hydrogen-bond acceptors (Lipinski definition) is 3. The first-order chi connectivity index (χ1) is 12.4. The largest absolute Gasteiger partial charge is 0.494 e. The van der Waals surface area contributed by atoms with Crippen LogP contribution in [0.4, 0.5) is 4.39 Å². The van der Waals surface area contributed by atoms with Crippen LogP contribution in [0.3, 0.4) is 0 Å². The number of halogens is 2. The number of hydrogen-bond donors (Lipinski definition) is 1. The monoisotopic (exact) mass is 377 g/mol. The fraction of sp³-hybridized carbons (Fsp3) is 0.250. The molecule has 138 valence electrons. The second-order valence-corrected chi connectivity index (χ2v) is 6.05. The minimum absolute atomic E-state index is 0.281. The molecule has 0 aliphatic rings. The van der Waals surface area contributed by atoms with Gasteiger partial charge in [-0.05, 0) is 49.8 Å². The summed E-state index contributed by atoms with van der Waals surface area (Å²) in [6.07, 6.45) is 1.37. The molecular weight excluding hydrogens is 357 g/mol. The Hall–Kier alpha value is -2.53. The van der Waals surface area contributed by atoms with Crippen molar-refractivity contribution in [2.24, 2.45) is 0 Å². The molecule has 0 spiro atoms. The number of carbonyl (C=O) groups excluding carboxylic acids is 1. The van der Waals surface area contributed by atoms with Crippen LogP contribution in [-0.4, -0.2) is 18.6 Å². The minimum atomic E-state index is -0.675. The Morgan fingerprint density at radius 1 is 1.23 bits per heavy atom. The average molecular weight is 378 g/mol. The minimum Gasteiger partial charge on any atom is -0.494 e. The number of carbonyl (C=O) groups is 1. The van der Waals surface area contributed by atoms with E-state index in [1.54, 1.807) is 49.4 Å². The molecule has 26 heavy (non-hydrogen) atoms. The first kappa shape index (κ1) is 19.8. The third-order valence-electron chi connectivity index (χ3n) is 3.46. The predicted octanol–water partition coefficient (Wildman–Crippen LogP) is 5.37. The van der Waals surface area contributed by atoms with Gasteiger partial charge in [0.1, 0.15) is 23.1 Å². The summed E-state index contributed by atoms with van der Waals surface area (Å²) < 4.78 is 25.2. The molecule has 1 amide bonds. The lowest BCUT2D eigenvalue weighted by Gasteiger charge is -2.11. The molecule has 0 heterocycles. The van der Waals surface area contributed by atoms with E-state index in [1.165, 1.54) is 13.0 Å². The van der Waals surface area contributed by atoms with Gasteiger partial charge in [0.15, 0.2) is 0 Å². The average Bonchev–Trinajstić information content (AvgIpc) is 2.58. The van der Waals surface area contributed by atoms with Crippen LogP contribution in [0.25, 0.3) is 6.08 Å². The summed E-state index contributed by atoms with van der Waals surface area (Å²) in [6.45, 7) is 5.39. The maximum atomic E-state index is 14.0. The maximum Gasteiger partial charge on any atom is 0.217 e. The zero-order chi connectivity index (χ0) is 19.1. The molecule has 0 saturated carbocycles. The van der Waals surface area contributed by atoms with Crippen LogP contribution in [0, 0.1) is 0 Å². The van der Waals surface area contributed by atoms with E-state index < -0.39 is 11.9 Å². The van der Waals surface area contributed by atoms with Crippen LogP contribution in [0.15, 0.2) is 48.3 Å². The van der Waals surface area contributed by atoms with E-state index in [1.807, 2.05) is 6.92 Å². The Morgan fingerprint density at radius 3 is 2.46 bits per heavy atom. The Bertz CT molecular complexity index is 790. The van der Waals surface area contributed by atoms with Crippen molar-refractivity contribution in [1.29, 1.82) is 0 Å². The van der Waals surface area contributed by atoms with Gasteiger partial charge in [-0.3, -0.25) is 4.79 Å². The van der Waals surface area contributed by atoms with Gasteiger partial charge in [0, 0.05) is 13.0 Å². The van der Waals surface area contributed by atoms with Gasteiger partial charge in [0.2, 0.25) is 5.91 Å². The molecule has 0 aliphatic carbocycles. The SMILES string of the molecule is CCOc1ccc(Oc2ccc(/C=C(\F)[C@H](C)NC(C)=O)cc2)c(Cl)c1. The third kappa shape index (κ3) is 5.77. The molecule has 0 fully saturated rings. The van der Waals surface area contributed by atoms with Crippen molar-refractivity contribution in [2.45, 2.75) is 26.8 Å². The fourth-order valence-corrected chi connectivity index (χ4v) is 2.45. The highest BCUT2D eigenvalue weighted by Gasteiger charge is 2.09. The van der Waals surface area contributed by atoms with E-state index >= 15 is 0 Å². The normalized spacial score (nSPS) is 12.4. The molecule has 0 aliphatic heterocycles. The Kier molecular flexibility index (Phi) is 7.04. The summed E-state index contributed by atoms with van der Waals surface area (Å²) in [6, 6.07) is 11.4. The Balaban J connectivity index is 2.06. The molecule has 1 atom stereocenters. The molecular formula is C20H21ClFNO3. The van der Waals surface area contributed by atoms with E-state index in [0.29, 0.717) is 34.4 Å². The Morgan fingerprint density at radius 2 is 1.88 bits per heavy atom. The quantitative estimate of drug-likeness (QED) is 0.706. The van der Waals surface area contributed by atoms with Crippen molar-refractivity contribution in [3.63, 3.8) is 0 Å². The van der Waals surface area contributed by atoms with Crippen molar-refractivity contribution in [3.8, 4) is 17.2 Å². The van der Waals surface area contributed by atoms with E-state index in [0.717, 1.165) is 0 Å². The van der Waals surface area contributed by atoms with E-state index in [2.05, 4.69) is 5.32 Å². The lowest BCUT2D eigenvalue weighted by atomic mass is 10.1. The number of amides is 1. The van der Waals surface area contributed by atoms with Crippen LogP contribution < -0.4 is 14.8 Å². The van der Waals surface area contributed by atoms with Crippen molar-refractivity contribution in [1.82, 2.24) is 5.32 Å². The zero-order valence-corrected chi connectivity index (χ0v) is 15.6. The van der Waals surface area contributed by atoms with Crippen molar-refractivity contribution >= 4 is 23.6 Å². The van der Waals surface area contributed by atoms with Crippen LogP contribution >= 0.6 is 11.6 Å². The molecule has 1 N–H and O–H groups in total. The fourth-order valence-electron chi connectivity index (χ4n) is 2.24. The van der Waals surface area contributed by atoms with Crippen LogP contribution in [-0.2, 0) is 4.79 Å². The number of rotatable bonds is 7. The van der Waals surface area contributed by atoms with Gasteiger partial charge >= 0.3 is 0 Å². The highest BCUT2D eigenvalue weighted by atomic mass is 35.5. The summed E-state index contributed by atoms with van der Waals surface area (Å²) >= 11 is 6.19. The van der Waals surface area contributed by atoms with E-state index in [-0.39, 0.29) is 5.91 Å². The third-order valence-corrected chi connectivity index (χ3v) is 3.76. The van der Waals surface area contributed by atoms with Gasteiger partial charge in [-0.2, -0.15) is 0 Å². The van der Waals surface area contributed by atoms with Gasteiger partial charge < -0.3 is 14.8 Å². The Labute approximate surface area is 157 Å². The van der Waals surface area contributed by atoms with Crippen LogP contribution in [0.5, 0.6) is 17.2 Å².